The first-order chi connectivity index (χ1) is 7.10. The molecule has 0 aromatic heterocycles. The molecule has 6 heteroatoms. The third-order valence-corrected chi connectivity index (χ3v) is 3.26. The van der Waals surface area contributed by atoms with Crippen LogP contribution in [0.15, 0.2) is 0 Å². The van der Waals surface area contributed by atoms with Crippen molar-refractivity contribution in [3.8, 4) is 0 Å². The average Bonchev–Trinajstić information content (AvgIpc) is 2.23. The van der Waals surface area contributed by atoms with Crippen LogP contribution in [-0.4, -0.2) is 42.2 Å². The van der Waals surface area contributed by atoms with E-state index < -0.39 is 15.7 Å². The van der Waals surface area contributed by atoms with Gasteiger partial charge in [-0.05, 0) is 19.4 Å². The molecule has 0 heterocycles. The van der Waals surface area contributed by atoms with Crippen molar-refractivity contribution in [2.45, 2.75) is 37.8 Å². The van der Waals surface area contributed by atoms with Crippen molar-refractivity contribution >= 4 is 9.76 Å². The molecule has 0 aliphatic heterocycles. The Labute approximate surface area is 94.4 Å². The molecular weight excluding hydrogens is 212 g/mol. The predicted octanol–water partition coefficient (Wildman–Crippen LogP) is -0.533. The van der Waals surface area contributed by atoms with Crippen molar-refractivity contribution in [1.82, 2.24) is 0 Å². The standard InChI is InChI=1S/C9H24N2O3Si/c1-8(11)15-14-9(12-2,13-3)6-4-5-7-10/h8H,4-7,10-11,15H2,1-3H3. The molecule has 0 bridgehead atoms. The average molecular weight is 236 g/mol. The van der Waals surface area contributed by atoms with Gasteiger partial charge in [-0.3, -0.25) is 0 Å². The van der Waals surface area contributed by atoms with Crippen LogP contribution in [0.1, 0.15) is 26.2 Å². The lowest BCUT2D eigenvalue weighted by Gasteiger charge is -2.31. The highest BCUT2D eigenvalue weighted by molar-refractivity contribution is 6.29. The fourth-order valence-electron chi connectivity index (χ4n) is 1.22. The van der Waals surface area contributed by atoms with E-state index in [1.54, 1.807) is 14.2 Å². The largest absolute Gasteiger partial charge is 0.375 e. The number of nitrogens with two attached hydrogens (primary N) is 2. The first-order valence-corrected chi connectivity index (χ1v) is 6.69. The topological polar surface area (TPSA) is 79.7 Å². The van der Waals surface area contributed by atoms with Gasteiger partial charge in [-0.2, -0.15) is 0 Å². The van der Waals surface area contributed by atoms with Crippen LogP contribution in [0.5, 0.6) is 0 Å². The maximum Gasteiger partial charge on any atom is 0.272 e. The van der Waals surface area contributed by atoms with Crippen molar-refractivity contribution in [1.29, 1.82) is 0 Å². The summed E-state index contributed by atoms with van der Waals surface area (Å²) >= 11 is 0. The summed E-state index contributed by atoms with van der Waals surface area (Å²) in [4.78, 5) is 0. The van der Waals surface area contributed by atoms with E-state index in [0.29, 0.717) is 13.0 Å². The van der Waals surface area contributed by atoms with Crippen LogP contribution in [0.4, 0.5) is 0 Å². The van der Waals surface area contributed by atoms with Gasteiger partial charge >= 0.3 is 0 Å². The van der Waals surface area contributed by atoms with Crippen LogP contribution in [0, 0.1) is 0 Å². The fraction of sp³-hybridized carbons (Fsp3) is 1.00. The Morgan fingerprint density at radius 3 is 2.27 bits per heavy atom. The SMILES string of the molecule is COC(CCCCN)(OC)O[SiH2]C(C)N. The van der Waals surface area contributed by atoms with E-state index in [2.05, 4.69) is 0 Å². The second-order valence-corrected chi connectivity index (χ2v) is 5.54. The van der Waals surface area contributed by atoms with Gasteiger partial charge in [0.1, 0.15) is 0 Å². The van der Waals surface area contributed by atoms with Gasteiger partial charge in [0.05, 0.1) is 0 Å². The molecule has 1 unspecified atom stereocenters. The minimum Gasteiger partial charge on any atom is -0.375 e. The Bertz CT molecular complexity index is 154. The molecule has 0 amide bonds. The number of ether oxygens (including phenoxy) is 2. The Morgan fingerprint density at radius 2 is 1.87 bits per heavy atom. The maximum absolute atomic E-state index is 5.67. The zero-order valence-corrected chi connectivity index (χ0v) is 11.4. The van der Waals surface area contributed by atoms with Crippen LogP contribution in [0.3, 0.4) is 0 Å². The summed E-state index contributed by atoms with van der Waals surface area (Å²) in [5.74, 6) is -0.908. The molecule has 0 spiro atoms. The van der Waals surface area contributed by atoms with Crippen molar-refractivity contribution in [3.05, 3.63) is 0 Å². The fourth-order valence-corrected chi connectivity index (χ4v) is 2.12. The molecule has 0 aromatic rings. The van der Waals surface area contributed by atoms with E-state index in [0.717, 1.165) is 12.8 Å². The third kappa shape index (κ3) is 6.24. The van der Waals surface area contributed by atoms with Crippen molar-refractivity contribution in [2.75, 3.05) is 20.8 Å². The minimum absolute atomic E-state index is 0.101. The first-order valence-electron chi connectivity index (χ1n) is 5.30. The first kappa shape index (κ1) is 15.0. The molecule has 0 aliphatic rings. The summed E-state index contributed by atoms with van der Waals surface area (Å²) in [7, 11) is 2.35. The van der Waals surface area contributed by atoms with Gasteiger partial charge in [0.25, 0.3) is 5.97 Å². The molecular formula is C9H24N2O3Si. The van der Waals surface area contributed by atoms with E-state index in [-0.39, 0.29) is 5.67 Å². The zero-order chi connectivity index (χ0) is 11.7. The minimum atomic E-state index is -0.908. The second-order valence-electron chi connectivity index (χ2n) is 3.63. The number of hydrogen-bond acceptors (Lipinski definition) is 5. The van der Waals surface area contributed by atoms with Crippen LogP contribution in [0.25, 0.3) is 0 Å². The Hall–Kier alpha value is 0.0169. The maximum atomic E-state index is 5.67. The van der Waals surface area contributed by atoms with Crippen LogP contribution in [0.2, 0.25) is 0 Å². The Balaban J connectivity index is 4.05. The predicted molar refractivity (Wildman–Crippen MR) is 62.9 cm³/mol. The lowest BCUT2D eigenvalue weighted by Crippen LogP contribution is -2.42. The van der Waals surface area contributed by atoms with Crippen LogP contribution < -0.4 is 11.5 Å². The van der Waals surface area contributed by atoms with Gasteiger partial charge in [-0.25, -0.2) is 0 Å². The third-order valence-electron chi connectivity index (χ3n) is 2.13. The molecule has 15 heavy (non-hydrogen) atoms. The molecule has 5 nitrogen and oxygen atoms in total. The summed E-state index contributed by atoms with van der Waals surface area (Å²) in [6.07, 6.45) is 2.56. The molecule has 0 aliphatic carbocycles. The van der Waals surface area contributed by atoms with Gasteiger partial charge in [0, 0.05) is 26.3 Å². The number of rotatable bonds is 9. The van der Waals surface area contributed by atoms with Gasteiger partial charge in [-0.15, -0.1) is 0 Å². The zero-order valence-electron chi connectivity index (χ0n) is 9.99. The summed E-state index contributed by atoms with van der Waals surface area (Å²) < 4.78 is 16.2. The highest BCUT2D eigenvalue weighted by Crippen LogP contribution is 2.20. The van der Waals surface area contributed by atoms with Crippen molar-refractivity contribution in [2.24, 2.45) is 11.5 Å². The van der Waals surface area contributed by atoms with E-state index in [1.807, 2.05) is 6.92 Å². The number of methoxy groups -OCH3 is 2. The summed E-state index contributed by atoms with van der Waals surface area (Å²) in [6, 6.07) is 0. The summed E-state index contributed by atoms with van der Waals surface area (Å²) in [5, 5.41) is 0. The highest BCUT2D eigenvalue weighted by atomic mass is 28.2. The molecule has 0 rings (SSSR count). The highest BCUT2D eigenvalue weighted by Gasteiger charge is 2.30. The smallest absolute Gasteiger partial charge is 0.272 e. The van der Waals surface area contributed by atoms with Crippen molar-refractivity contribution < 1.29 is 13.9 Å². The molecule has 1 atom stereocenters. The monoisotopic (exact) mass is 236 g/mol. The van der Waals surface area contributed by atoms with E-state index >= 15 is 0 Å². The summed E-state index contributed by atoms with van der Waals surface area (Å²) in [5.41, 5.74) is 11.2. The number of unbranched alkanes of at least 4 members (excludes halogenated alkanes) is 1. The van der Waals surface area contributed by atoms with Gasteiger partial charge < -0.3 is 25.4 Å². The molecule has 92 valence electrons. The molecule has 0 fully saturated rings. The molecule has 0 aromatic carbocycles. The van der Waals surface area contributed by atoms with E-state index in [9.17, 15) is 0 Å². The number of hydrogen-bond donors (Lipinski definition) is 2. The van der Waals surface area contributed by atoms with E-state index in [4.69, 9.17) is 25.4 Å². The molecule has 0 radical (unpaired) electrons. The Morgan fingerprint density at radius 1 is 1.27 bits per heavy atom. The van der Waals surface area contributed by atoms with E-state index in [1.165, 1.54) is 0 Å². The van der Waals surface area contributed by atoms with Crippen LogP contribution >= 0.6 is 0 Å². The Kier molecular flexibility index (Phi) is 8.21. The quantitative estimate of drug-likeness (QED) is 0.319. The summed E-state index contributed by atoms with van der Waals surface area (Å²) in [6.45, 7) is 2.61. The lowest BCUT2D eigenvalue weighted by molar-refractivity contribution is -0.327. The van der Waals surface area contributed by atoms with Gasteiger partial charge in [0.15, 0.2) is 9.76 Å². The van der Waals surface area contributed by atoms with Gasteiger partial charge in [-0.1, -0.05) is 6.92 Å². The van der Waals surface area contributed by atoms with Crippen LogP contribution in [-0.2, 0) is 13.9 Å². The molecule has 0 saturated carbocycles. The van der Waals surface area contributed by atoms with Gasteiger partial charge in [0.2, 0.25) is 0 Å². The molecule has 0 saturated heterocycles. The molecule has 4 N–H and O–H groups in total. The normalized spacial score (nSPS) is 15.0. The lowest BCUT2D eigenvalue weighted by atomic mass is 10.2. The van der Waals surface area contributed by atoms with Crippen molar-refractivity contribution in [3.63, 3.8) is 0 Å². The second kappa shape index (κ2) is 8.20.